The van der Waals surface area contributed by atoms with Crippen LogP contribution < -0.4 is 14.3 Å². The van der Waals surface area contributed by atoms with Crippen molar-refractivity contribution < 1.29 is 23.1 Å². The molecule has 0 aliphatic heterocycles. The van der Waals surface area contributed by atoms with Gasteiger partial charge in [0.1, 0.15) is 12.1 Å². The van der Waals surface area contributed by atoms with Crippen LogP contribution in [0.3, 0.4) is 0 Å². The summed E-state index contributed by atoms with van der Waals surface area (Å²) in [5.74, 6) is 1.29. The summed E-state index contributed by atoms with van der Waals surface area (Å²) in [5, 5.41) is 0.685. The molecule has 0 saturated carbocycles. The minimum atomic E-state index is -3.01. The molecule has 4 aromatic rings. The van der Waals surface area contributed by atoms with Crippen LogP contribution in [0.25, 0.3) is 11.0 Å². The molecular formula is C22H18ClF2N3O3S. The van der Waals surface area contributed by atoms with Gasteiger partial charge >= 0.3 is 6.61 Å². The number of ether oxygens (including phenoxy) is 2. The van der Waals surface area contributed by atoms with Gasteiger partial charge in [0.15, 0.2) is 11.5 Å². The number of methoxy groups -OCH3 is 1. The fraction of sp³-hybridized carbons (Fsp3) is 0.182. The van der Waals surface area contributed by atoms with E-state index >= 15 is 0 Å². The van der Waals surface area contributed by atoms with Crippen molar-refractivity contribution in [3.8, 4) is 11.5 Å². The molecule has 0 saturated heterocycles. The summed E-state index contributed by atoms with van der Waals surface area (Å²) in [6.45, 7) is -2.64. The molecule has 2 aromatic carbocycles. The van der Waals surface area contributed by atoms with Crippen LogP contribution in [-0.2, 0) is 12.4 Å². The van der Waals surface area contributed by atoms with E-state index in [-0.39, 0.29) is 10.9 Å². The van der Waals surface area contributed by atoms with Crippen LogP contribution in [0.1, 0.15) is 11.3 Å². The maximum Gasteiger partial charge on any atom is 0.405 e. The second-order valence-corrected chi connectivity index (χ2v) is 7.92. The van der Waals surface area contributed by atoms with Crippen molar-refractivity contribution in [3.63, 3.8) is 0 Å². The first-order valence-electron chi connectivity index (χ1n) is 9.50. The van der Waals surface area contributed by atoms with E-state index < -0.39 is 6.61 Å². The number of rotatable bonds is 9. The van der Waals surface area contributed by atoms with Gasteiger partial charge in [0.2, 0.25) is 5.16 Å². The van der Waals surface area contributed by atoms with E-state index in [1.54, 1.807) is 30.5 Å². The van der Waals surface area contributed by atoms with Crippen molar-refractivity contribution in [2.24, 2.45) is 0 Å². The number of halogens is 3. The van der Waals surface area contributed by atoms with Crippen molar-refractivity contribution >= 4 is 34.4 Å². The molecule has 0 atom stereocenters. The summed E-state index contributed by atoms with van der Waals surface area (Å²) in [6, 6.07) is 16.2. The lowest BCUT2D eigenvalue weighted by Crippen LogP contribution is -2.17. The molecule has 10 heteroatoms. The van der Waals surface area contributed by atoms with Crippen molar-refractivity contribution in [2.75, 3.05) is 7.11 Å². The third-order valence-corrected chi connectivity index (χ3v) is 5.62. The molecule has 0 radical (unpaired) electrons. The average Bonchev–Trinajstić information content (AvgIpc) is 3.12. The lowest BCUT2D eigenvalue weighted by atomic mass is 10.2. The normalized spacial score (nSPS) is 11.2. The number of aromatic nitrogens is 3. The molecule has 6 nitrogen and oxygen atoms in total. The minimum Gasteiger partial charge on any atom is -0.491 e. The fourth-order valence-electron chi connectivity index (χ4n) is 3.06. The van der Waals surface area contributed by atoms with Gasteiger partial charge in [-0.25, -0.2) is 4.98 Å². The van der Waals surface area contributed by atoms with Gasteiger partial charge < -0.3 is 14.3 Å². The number of nitrogens with zero attached hydrogens (tertiary/aromatic N) is 3. The van der Waals surface area contributed by atoms with Crippen molar-refractivity contribution in [1.82, 2.24) is 14.7 Å². The molecule has 0 aliphatic rings. The smallest absolute Gasteiger partial charge is 0.405 e. The molecule has 0 aliphatic carbocycles. The number of imidazole rings is 1. The van der Waals surface area contributed by atoms with E-state index in [0.29, 0.717) is 39.9 Å². The van der Waals surface area contributed by atoms with E-state index in [4.69, 9.17) is 21.1 Å². The summed E-state index contributed by atoms with van der Waals surface area (Å²) in [7, 11) is 1.53. The van der Waals surface area contributed by atoms with Crippen molar-refractivity contribution in [1.29, 1.82) is 0 Å². The van der Waals surface area contributed by atoms with Crippen LogP contribution in [0.2, 0.25) is 5.02 Å². The van der Waals surface area contributed by atoms with Crippen molar-refractivity contribution in [3.05, 3.63) is 77.1 Å². The zero-order valence-corrected chi connectivity index (χ0v) is 18.4. The third kappa shape index (κ3) is 5.05. The lowest BCUT2D eigenvalue weighted by Gasteiger charge is -2.14. The number of alkyl halides is 2. The lowest BCUT2D eigenvalue weighted by molar-refractivity contribution is -0.135. The van der Waals surface area contributed by atoms with Gasteiger partial charge in [0, 0.05) is 23.0 Å². The minimum absolute atomic E-state index is 0.238. The number of fused-ring (bicyclic) bond motifs is 1. The Morgan fingerprint density at radius 1 is 1.12 bits per heavy atom. The van der Waals surface area contributed by atoms with E-state index in [2.05, 4.69) is 14.8 Å². The quantitative estimate of drug-likeness (QED) is 0.292. The molecule has 2 heterocycles. The second-order valence-electron chi connectivity index (χ2n) is 6.54. The Morgan fingerprint density at radius 3 is 2.69 bits per heavy atom. The molecule has 166 valence electrons. The van der Waals surface area contributed by atoms with Gasteiger partial charge in [-0.3, -0.25) is 4.98 Å². The molecule has 32 heavy (non-hydrogen) atoms. The third-order valence-electron chi connectivity index (χ3n) is 4.45. The maximum absolute atomic E-state index is 13.0. The van der Waals surface area contributed by atoms with Gasteiger partial charge in [-0.1, -0.05) is 53.7 Å². The van der Waals surface area contributed by atoms with E-state index in [1.165, 1.54) is 18.9 Å². The average molecular weight is 478 g/mol. The first-order chi connectivity index (χ1) is 15.5. The van der Waals surface area contributed by atoms with E-state index in [1.807, 2.05) is 30.3 Å². The molecule has 4 rings (SSSR count). The summed E-state index contributed by atoms with van der Waals surface area (Å²) in [6.07, 6.45) is 1.61. The second kappa shape index (κ2) is 10.1. The standard InChI is InChI=1S/C22H18ClF2N3O3S/c1-29-20-17(26-10-9-19(20)30-12-14-5-3-2-4-6-14)13-32-22-27-16-11-15(23)7-8-18(16)28(22)31-21(24)25/h2-11,21H,12-13H2,1H3. The highest BCUT2D eigenvalue weighted by Gasteiger charge is 2.19. The zero-order chi connectivity index (χ0) is 22.5. The topological polar surface area (TPSA) is 58.4 Å². The summed E-state index contributed by atoms with van der Waals surface area (Å²) >= 11 is 7.18. The predicted molar refractivity (Wildman–Crippen MR) is 118 cm³/mol. The number of thioether (sulfide) groups is 1. The summed E-state index contributed by atoms with van der Waals surface area (Å²) in [5.41, 5.74) is 2.42. The Morgan fingerprint density at radius 2 is 1.94 bits per heavy atom. The van der Waals surface area contributed by atoms with Gasteiger partial charge in [0.05, 0.1) is 18.3 Å². The predicted octanol–water partition coefficient (Wildman–Crippen LogP) is 5.62. The number of benzene rings is 2. The Hall–Kier alpha value is -3.04. The van der Waals surface area contributed by atoms with Crippen LogP contribution in [0, 0.1) is 0 Å². The summed E-state index contributed by atoms with van der Waals surface area (Å²) < 4.78 is 38.4. The van der Waals surface area contributed by atoms with Crippen LogP contribution in [-0.4, -0.2) is 28.4 Å². The molecule has 0 N–H and O–H groups in total. The Bertz CT molecular complexity index is 1210. The summed E-state index contributed by atoms with van der Waals surface area (Å²) in [4.78, 5) is 13.4. The van der Waals surface area contributed by atoms with Gasteiger partial charge in [-0.05, 0) is 23.8 Å². The Labute approximate surface area is 192 Å². The SMILES string of the molecule is COc1c(OCc2ccccc2)ccnc1CSc1nc2cc(Cl)ccc2n1OC(F)F. The number of hydrogen-bond acceptors (Lipinski definition) is 6. The molecule has 0 amide bonds. The Kier molecular flexibility index (Phi) is 6.96. The first kappa shape index (κ1) is 22.2. The van der Waals surface area contributed by atoms with E-state index in [9.17, 15) is 8.78 Å². The van der Waals surface area contributed by atoms with Crippen LogP contribution in [0.5, 0.6) is 11.5 Å². The van der Waals surface area contributed by atoms with Crippen LogP contribution >= 0.6 is 23.4 Å². The zero-order valence-electron chi connectivity index (χ0n) is 16.9. The highest BCUT2D eigenvalue weighted by molar-refractivity contribution is 7.98. The first-order valence-corrected chi connectivity index (χ1v) is 10.9. The van der Waals surface area contributed by atoms with Gasteiger partial charge in [-0.15, -0.1) is 0 Å². The van der Waals surface area contributed by atoms with Crippen LogP contribution in [0.15, 0.2) is 66.0 Å². The molecular weight excluding hydrogens is 460 g/mol. The number of pyridine rings is 1. The molecule has 0 unspecified atom stereocenters. The molecule has 0 fully saturated rings. The van der Waals surface area contributed by atoms with Gasteiger partial charge in [-0.2, -0.15) is 13.5 Å². The highest BCUT2D eigenvalue weighted by Crippen LogP contribution is 2.35. The van der Waals surface area contributed by atoms with Crippen molar-refractivity contribution in [2.45, 2.75) is 24.1 Å². The number of hydrogen-bond donors (Lipinski definition) is 0. The van der Waals surface area contributed by atoms with Gasteiger partial charge in [0.25, 0.3) is 0 Å². The molecule has 0 bridgehead atoms. The highest BCUT2D eigenvalue weighted by atomic mass is 35.5. The fourth-order valence-corrected chi connectivity index (χ4v) is 4.12. The largest absolute Gasteiger partial charge is 0.491 e. The molecule has 0 spiro atoms. The maximum atomic E-state index is 13.0. The van der Waals surface area contributed by atoms with Crippen LogP contribution in [0.4, 0.5) is 8.78 Å². The monoisotopic (exact) mass is 477 g/mol. The molecule has 2 aromatic heterocycles. The Balaban J connectivity index is 1.56. The van der Waals surface area contributed by atoms with E-state index in [0.717, 1.165) is 10.3 Å².